The van der Waals surface area contributed by atoms with E-state index in [0.717, 1.165) is 5.69 Å². The monoisotopic (exact) mass is 244 g/mol. The Kier molecular flexibility index (Phi) is 3.24. The quantitative estimate of drug-likeness (QED) is 0.800. The molecule has 0 bridgehead atoms. The van der Waals surface area contributed by atoms with Crippen molar-refractivity contribution in [1.82, 2.24) is 0 Å². The summed E-state index contributed by atoms with van der Waals surface area (Å²) in [5.74, 6) is 0.127. The first-order valence-electron chi connectivity index (χ1n) is 6.34. The van der Waals surface area contributed by atoms with Crippen LogP contribution in [-0.4, -0.2) is 18.0 Å². The van der Waals surface area contributed by atoms with Crippen LogP contribution in [0.5, 0.6) is 0 Å². The van der Waals surface area contributed by atoms with Crippen molar-refractivity contribution in [2.45, 2.75) is 33.7 Å². The maximum Gasteiger partial charge on any atom is 0.148 e. The van der Waals surface area contributed by atoms with Gasteiger partial charge in [0.2, 0.25) is 0 Å². The van der Waals surface area contributed by atoms with E-state index in [0.29, 0.717) is 0 Å². The smallest absolute Gasteiger partial charge is 0.148 e. The summed E-state index contributed by atoms with van der Waals surface area (Å²) in [6.07, 6.45) is 1.78. The van der Waals surface area contributed by atoms with Crippen LogP contribution in [0.1, 0.15) is 27.7 Å². The van der Waals surface area contributed by atoms with Crippen LogP contribution >= 0.6 is 0 Å². The summed E-state index contributed by atoms with van der Waals surface area (Å²) >= 11 is 0. The van der Waals surface area contributed by atoms with Crippen LogP contribution in [0.4, 0.5) is 5.69 Å². The topological polar surface area (TPSA) is 32.7 Å². The van der Waals surface area contributed by atoms with E-state index in [4.69, 9.17) is 0 Å². The maximum absolute atomic E-state index is 12.3. The van der Waals surface area contributed by atoms with Gasteiger partial charge in [-0.3, -0.25) is 9.80 Å². The maximum atomic E-state index is 12.3. The molecule has 0 saturated heterocycles. The van der Waals surface area contributed by atoms with Crippen molar-refractivity contribution in [3.63, 3.8) is 0 Å². The van der Waals surface area contributed by atoms with Gasteiger partial charge in [0, 0.05) is 11.6 Å². The Bertz CT molecular complexity index is 459. The van der Waals surface area contributed by atoms with E-state index in [1.54, 1.807) is 6.21 Å². The number of anilines is 1. The van der Waals surface area contributed by atoms with E-state index in [9.17, 15) is 4.79 Å². The molecule has 2 atom stereocenters. The summed E-state index contributed by atoms with van der Waals surface area (Å²) in [6.45, 7) is 7.93. The van der Waals surface area contributed by atoms with E-state index in [2.05, 4.69) is 5.10 Å². The van der Waals surface area contributed by atoms with Gasteiger partial charge >= 0.3 is 0 Å². The molecule has 0 saturated carbocycles. The molecule has 0 amide bonds. The van der Waals surface area contributed by atoms with E-state index < -0.39 is 0 Å². The van der Waals surface area contributed by atoms with Gasteiger partial charge in [-0.25, -0.2) is 0 Å². The molecule has 0 fully saturated rings. The molecule has 3 heteroatoms. The molecule has 96 valence electrons. The van der Waals surface area contributed by atoms with Gasteiger partial charge in [-0.05, 0) is 19.1 Å². The van der Waals surface area contributed by atoms with Crippen molar-refractivity contribution < 1.29 is 4.79 Å². The number of hydrogen-bond donors (Lipinski definition) is 0. The third-order valence-corrected chi connectivity index (χ3v) is 3.32. The second-order valence-corrected chi connectivity index (χ2v) is 5.83. The molecule has 1 aliphatic heterocycles. The lowest BCUT2D eigenvalue weighted by Crippen LogP contribution is -2.38. The Morgan fingerprint density at radius 1 is 1.22 bits per heavy atom. The van der Waals surface area contributed by atoms with Gasteiger partial charge in [0.25, 0.3) is 0 Å². The standard InChI is InChI=1S/C15H20N2O/c1-11-13(14(18)15(2,3)4)10-16-17(11)12-8-6-5-7-9-12/h5-11,13H,1-4H3. The third kappa shape index (κ3) is 2.30. The molecular formula is C15H20N2O. The number of rotatable bonds is 2. The van der Waals surface area contributed by atoms with Crippen LogP contribution in [0.25, 0.3) is 0 Å². The summed E-state index contributed by atoms with van der Waals surface area (Å²) < 4.78 is 0. The molecule has 18 heavy (non-hydrogen) atoms. The lowest BCUT2D eigenvalue weighted by molar-refractivity contribution is -0.128. The van der Waals surface area contributed by atoms with Crippen LogP contribution < -0.4 is 5.01 Å². The first kappa shape index (κ1) is 12.8. The zero-order chi connectivity index (χ0) is 13.3. The van der Waals surface area contributed by atoms with E-state index >= 15 is 0 Å². The molecule has 1 aromatic carbocycles. The van der Waals surface area contributed by atoms with Crippen molar-refractivity contribution in [2.75, 3.05) is 5.01 Å². The largest absolute Gasteiger partial charge is 0.298 e. The Morgan fingerprint density at radius 2 is 1.83 bits per heavy atom. The molecule has 0 spiro atoms. The van der Waals surface area contributed by atoms with Crippen LogP contribution in [-0.2, 0) is 4.79 Å². The van der Waals surface area contributed by atoms with Gasteiger partial charge < -0.3 is 0 Å². The highest BCUT2D eigenvalue weighted by molar-refractivity contribution is 6.00. The minimum Gasteiger partial charge on any atom is -0.298 e. The minimum atomic E-state index is -0.322. The molecule has 3 nitrogen and oxygen atoms in total. The van der Waals surface area contributed by atoms with Crippen LogP contribution in [0, 0.1) is 11.3 Å². The zero-order valence-corrected chi connectivity index (χ0v) is 11.4. The van der Waals surface area contributed by atoms with E-state index in [-0.39, 0.29) is 23.2 Å². The Hall–Kier alpha value is -1.64. The lowest BCUT2D eigenvalue weighted by atomic mass is 9.81. The number of ketones is 1. The Balaban J connectivity index is 2.19. The number of benzene rings is 1. The van der Waals surface area contributed by atoms with Gasteiger partial charge in [0.15, 0.2) is 0 Å². The number of para-hydroxylation sites is 1. The van der Waals surface area contributed by atoms with Crippen molar-refractivity contribution in [3.8, 4) is 0 Å². The molecule has 2 unspecified atom stereocenters. The molecule has 0 N–H and O–H groups in total. The van der Waals surface area contributed by atoms with Crippen molar-refractivity contribution in [2.24, 2.45) is 16.4 Å². The highest BCUT2D eigenvalue weighted by atomic mass is 16.1. The predicted molar refractivity (Wildman–Crippen MR) is 74.8 cm³/mol. The minimum absolute atomic E-state index is 0.0825. The lowest BCUT2D eigenvalue weighted by Gasteiger charge is -2.27. The molecule has 1 heterocycles. The van der Waals surface area contributed by atoms with Gasteiger partial charge in [0.1, 0.15) is 5.78 Å². The van der Waals surface area contributed by atoms with Crippen molar-refractivity contribution in [1.29, 1.82) is 0 Å². The van der Waals surface area contributed by atoms with Crippen molar-refractivity contribution in [3.05, 3.63) is 30.3 Å². The van der Waals surface area contributed by atoms with Gasteiger partial charge in [0.05, 0.1) is 17.6 Å². The first-order chi connectivity index (χ1) is 8.41. The number of Topliss-reactive ketones (excluding diaryl/α,β-unsaturated/α-hetero) is 1. The zero-order valence-electron chi connectivity index (χ0n) is 11.4. The third-order valence-electron chi connectivity index (χ3n) is 3.32. The molecule has 0 aromatic heterocycles. The van der Waals surface area contributed by atoms with Crippen LogP contribution in [0.3, 0.4) is 0 Å². The average molecular weight is 244 g/mol. The molecule has 1 aliphatic rings. The fourth-order valence-electron chi connectivity index (χ4n) is 2.19. The van der Waals surface area contributed by atoms with Gasteiger partial charge in [-0.15, -0.1) is 0 Å². The number of carbonyl (C=O) groups is 1. The Morgan fingerprint density at radius 3 is 2.39 bits per heavy atom. The average Bonchev–Trinajstić information content (AvgIpc) is 2.70. The van der Waals surface area contributed by atoms with Crippen molar-refractivity contribution >= 4 is 17.7 Å². The van der Waals surface area contributed by atoms with E-state index in [1.807, 2.05) is 63.0 Å². The predicted octanol–water partition coefficient (Wildman–Crippen LogP) is 3.11. The SMILES string of the molecule is CC1C(C(=O)C(C)(C)C)C=NN1c1ccccc1. The fraction of sp³-hybridized carbons (Fsp3) is 0.467. The first-order valence-corrected chi connectivity index (χ1v) is 6.34. The molecule has 1 aromatic rings. The summed E-state index contributed by atoms with van der Waals surface area (Å²) in [5.41, 5.74) is 0.711. The second kappa shape index (κ2) is 4.56. The van der Waals surface area contributed by atoms with Gasteiger partial charge in [-0.2, -0.15) is 5.10 Å². The summed E-state index contributed by atoms with van der Waals surface area (Å²) in [6, 6.07) is 10.0. The molecule has 2 rings (SSSR count). The van der Waals surface area contributed by atoms with Crippen LogP contribution in [0.2, 0.25) is 0 Å². The summed E-state index contributed by atoms with van der Waals surface area (Å²) in [4.78, 5) is 12.3. The molecule has 0 radical (unpaired) electrons. The highest BCUT2D eigenvalue weighted by Gasteiger charge is 2.38. The number of carbonyl (C=O) groups excluding carboxylic acids is 1. The molecular weight excluding hydrogens is 224 g/mol. The fourth-order valence-corrected chi connectivity index (χ4v) is 2.19. The normalized spacial score (nSPS) is 23.4. The number of nitrogens with zero attached hydrogens (tertiary/aromatic N) is 2. The number of hydrazone groups is 1. The molecule has 0 aliphatic carbocycles. The van der Waals surface area contributed by atoms with Gasteiger partial charge in [-0.1, -0.05) is 39.0 Å². The van der Waals surface area contributed by atoms with Crippen LogP contribution in [0.15, 0.2) is 35.4 Å². The summed E-state index contributed by atoms with van der Waals surface area (Å²) in [7, 11) is 0. The number of hydrogen-bond acceptors (Lipinski definition) is 3. The van der Waals surface area contributed by atoms with E-state index in [1.165, 1.54) is 0 Å². The second-order valence-electron chi connectivity index (χ2n) is 5.83. The summed E-state index contributed by atoms with van der Waals surface area (Å²) in [5, 5.41) is 6.32. The Labute approximate surface area is 108 Å². The highest BCUT2D eigenvalue weighted by Crippen LogP contribution is 2.30.